The lowest BCUT2D eigenvalue weighted by molar-refractivity contribution is -0.143. The Morgan fingerprint density at radius 1 is 1.09 bits per heavy atom. The molecule has 1 fully saturated rings. The quantitative estimate of drug-likeness (QED) is 0.189. The SMILES string of the molecule is CCc1cc(Cl)cc(CC)c1NC(=O)CN1C[C@H](c2ccc3c(c2C)OCO3)C(C(=O)O)[C@@H]1c1ccc(OCCCSC)cc1. The van der Waals surface area contributed by atoms with E-state index < -0.39 is 17.9 Å². The van der Waals surface area contributed by atoms with Crippen molar-refractivity contribution in [3.63, 3.8) is 0 Å². The van der Waals surface area contributed by atoms with E-state index in [1.807, 2.05) is 74.2 Å². The molecule has 0 saturated carbocycles. The van der Waals surface area contributed by atoms with Crippen molar-refractivity contribution in [1.29, 1.82) is 0 Å². The summed E-state index contributed by atoms with van der Waals surface area (Å²) in [5, 5.41) is 14.5. The number of likely N-dealkylation sites (tertiary alicyclic amines) is 1. The maximum atomic E-state index is 13.7. The van der Waals surface area contributed by atoms with Gasteiger partial charge >= 0.3 is 5.97 Å². The van der Waals surface area contributed by atoms with Crippen LogP contribution < -0.4 is 19.5 Å². The van der Waals surface area contributed by atoms with Gasteiger partial charge in [0.1, 0.15) is 5.75 Å². The van der Waals surface area contributed by atoms with Crippen molar-refractivity contribution < 1.29 is 28.9 Å². The van der Waals surface area contributed by atoms with Crippen LogP contribution in [-0.4, -0.2) is 60.4 Å². The Morgan fingerprint density at radius 3 is 2.44 bits per heavy atom. The van der Waals surface area contributed by atoms with Crippen molar-refractivity contribution >= 4 is 40.9 Å². The first-order valence-electron chi connectivity index (χ1n) is 15.4. The zero-order valence-corrected chi connectivity index (χ0v) is 27.8. The first kappa shape index (κ1) is 33.0. The summed E-state index contributed by atoms with van der Waals surface area (Å²) in [6, 6.07) is 14.6. The Balaban J connectivity index is 1.47. The summed E-state index contributed by atoms with van der Waals surface area (Å²) in [5.41, 5.74) is 5.29. The minimum Gasteiger partial charge on any atom is -0.494 e. The zero-order valence-electron chi connectivity index (χ0n) is 26.2. The molecule has 1 amide bonds. The number of nitrogens with zero attached hydrogens (tertiary/aromatic N) is 1. The summed E-state index contributed by atoms with van der Waals surface area (Å²) >= 11 is 8.14. The van der Waals surface area contributed by atoms with Crippen LogP contribution in [0.4, 0.5) is 5.69 Å². The number of ether oxygens (including phenoxy) is 3. The predicted octanol–water partition coefficient (Wildman–Crippen LogP) is 7.11. The first-order valence-corrected chi connectivity index (χ1v) is 17.2. The molecule has 0 radical (unpaired) electrons. The molecule has 5 rings (SSSR count). The van der Waals surface area contributed by atoms with Gasteiger partial charge in [-0.3, -0.25) is 14.5 Å². The van der Waals surface area contributed by atoms with Crippen LogP contribution in [0.5, 0.6) is 17.2 Å². The summed E-state index contributed by atoms with van der Waals surface area (Å²) in [6.07, 6.45) is 4.45. The van der Waals surface area contributed by atoms with Gasteiger partial charge in [0.15, 0.2) is 11.5 Å². The molecule has 0 spiro atoms. The highest BCUT2D eigenvalue weighted by atomic mass is 35.5. The summed E-state index contributed by atoms with van der Waals surface area (Å²) in [5.74, 6) is 0.752. The maximum Gasteiger partial charge on any atom is 0.309 e. The largest absolute Gasteiger partial charge is 0.494 e. The van der Waals surface area contributed by atoms with Crippen LogP contribution in [0, 0.1) is 12.8 Å². The number of amides is 1. The van der Waals surface area contributed by atoms with E-state index in [0.717, 1.165) is 51.4 Å². The highest BCUT2D eigenvalue weighted by Crippen LogP contribution is 2.49. The molecule has 8 nitrogen and oxygen atoms in total. The molecule has 45 heavy (non-hydrogen) atoms. The van der Waals surface area contributed by atoms with Gasteiger partial charge in [0, 0.05) is 29.2 Å². The number of aliphatic carboxylic acids is 1. The molecule has 240 valence electrons. The van der Waals surface area contributed by atoms with Gasteiger partial charge in [0.05, 0.1) is 19.1 Å². The molecule has 1 unspecified atom stereocenters. The minimum absolute atomic E-state index is 0.0242. The molecule has 2 N–H and O–H groups in total. The topological polar surface area (TPSA) is 97.3 Å². The molecule has 1 saturated heterocycles. The van der Waals surface area contributed by atoms with Crippen molar-refractivity contribution in [2.24, 2.45) is 5.92 Å². The Labute approximate surface area is 274 Å². The summed E-state index contributed by atoms with van der Waals surface area (Å²) in [6.45, 7) is 7.16. The number of aryl methyl sites for hydroxylation is 2. The van der Waals surface area contributed by atoms with Gasteiger partial charge in [0.25, 0.3) is 0 Å². The monoisotopic (exact) mass is 652 g/mol. The Morgan fingerprint density at radius 2 is 1.80 bits per heavy atom. The molecular formula is C35H41ClN2O6S. The third kappa shape index (κ3) is 7.21. The minimum atomic E-state index is -0.915. The second kappa shape index (κ2) is 14.8. The van der Waals surface area contributed by atoms with Gasteiger partial charge in [-0.05, 0) is 96.3 Å². The number of nitrogens with one attached hydrogen (secondary N) is 1. The number of carbonyl (C=O) groups is 2. The maximum absolute atomic E-state index is 13.7. The van der Waals surface area contributed by atoms with Crippen LogP contribution in [-0.2, 0) is 22.4 Å². The van der Waals surface area contributed by atoms with E-state index >= 15 is 0 Å². The fourth-order valence-corrected chi connectivity index (χ4v) is 7.27. The van der Waals surface area contributed by atoms with Gasteiger partial charge in [-0.25, -0.2) is 0 Å². The number of carboxylic acids is 1. The number of fused-ring (bicyclic) bond motifs is 1. The van der Waals surface area contributed by atoms with Crippen LogP contribution in [0.1, 0.15) is 60.0 Å². The fraction of sp³-hybridized carbons (Fsp3) is 0.429. The van der Waals surface area contributed by atoms with Gasteiger partial charge in [-0.1, -0.05) is 43.6 Å². The third-order valence-corrected chi connectivity index (χ3v) is 9.65. The van der Waals surface area contributed by atoms with E-state index in [2.05, 4.69) is 11.6 Å². The van der Waals surface area contributed by atoms with E-state index in [1.54, 1.807) is 11.8 Å². The normalized spacial score (nSPS) is 19.1. The standard InChI is InChI=1S/C35H41ClN2O6S/c1-5-22-16-25(36)17-23(6-2)32(22)37-30(39)19-38-18-28(27-12-13-29-34(21(27)3)44-20-43-29)31(35(40)41)33(38)24-8-10-26(11-9-24)42-14-7-15-45-4/h8-13,16-17,28,31,33H,5-7,14-15,18-20H2,1-4H3,(H,37,39)(H,40,41)/t28-,31?,33+/m1/s1. The van der Waals surface area contributed by atoms with Crippen LogP contribution in [0.15, 0.2) is 48.5 Å². The number of hydrogen-bond donors (Lipinski definition) is 2. The van der Waals surface area contributed by atoms with E-state index in [9.17, 15) is 14.7 Å². The molecule has 2 aliphatic heterocycles. The van der Waals surface area contributed by atoms with Crippen LogP contribution in [0.25, 0.3) is 0 Å². The van der Waals surface area contributed by atoms with Crippen molar-refractivity contribution in [1.82, 2.24) is 4.90 Å². The number of rotatable bonds is 13. The number of halogens is 1. The Bertz CT molecular complexity index is 1510. The predicted molar refractivity (Wildman–Crippen MR) is 179 cm³/mol. The summed E-state index contributed by atoms with van der Waals surface area (Å²) in [7, 11) is 0. The van der Waals surface area contributed by atoms with Crippen molar-refractivity contribution in [3.05, 3.63) is 81.4 Å². The van der Waals surface area contributed by atoms with Gasteiger partial charge in [0.2, 0.25) is 12.7 Å². The molecule has 0 bridgehead atoms. The van der Waals surface area contributed by atoms with Gasteiger partial charge < -0.3 is 24.6 Å². The van der Waals surface area contributed by atoms with E-state index in [0.29, 0.717) is 42.5 Å². The molecule has 3 aromatic carbocycles. The second-order valence-corrected chi connectivity index (χ2v) is 12.9. The summed E-state index contributed by atoms with van der Waals surface area (Å²) in [4.78, 5) is 28.8. The molecule has 3 atom stereocenters. The van der Waals surface area contributed by atoms with Crippen molar-refractivity contribution in [2.45, 2.75) is 52.0 Å². The number of benzene rings is 3. The molecule has 3 aromatic rings. The van der Waals surface area contributed by atoms with Crippen molar-refractivity contribution in [3.8, 4) is 17.2 Å². The fourth-order valence-electron chi connectivity index (χ4n) is 6.60. The molecular weight excluding hydrogens is 612 g/mol. The van der Waals surface area contributed by atoms with E-state index in [1.165, 1.54) is 0 Å². The highest BCUT2D eigenvalue weighted by molar-refractivity contribution is 7.98. The van der Waals surface area contributed by atoms with Gasteiger partial charge in [-0.2, -0.15) is 11.8 Å². The molecule has 2 heterocycles. The highest BCUT2D eigenvalue weighted by Gasteiger charge is 2.48. The number of hydrogen-bond acceptors (Lipinski definition) is 7. The van der Waals surface area contributed by atoms with Crippen molar-refractivity contribution in [2.75, 3.05) is 43.8 Å². The first-order chi connectivity index (χ1) is 21.7. The van der Waals surface area contributed by atoms with E-state index in [4.69, 9.17) is 25.8 Å². The van der Waals surface area contributed by atoms with Crippen LogP contribution in [0.3, 0.4) is 0 Å². The number of carbonyl (C=O) groups excluding carboxylic acids is 1. The third-order valence-electron chi connectivity index (χ3n) is 8.73. The second-order valence-electron chi connectivity index (χ2n) is 11.5. The lowest BCUT2D eigenvalue weighted by Crippen LogP contribution is -2.35. The number of carboxylic acid groups (broad SMARTS) is 1. The molecule has 0 aromatic heterocycles. The molecule has 0 aliphatic carbocycles. The zero-order chi connectivity index (χ0) is 32.1. The van der Waals surface area contributed by atoms with Crippen LogP contribution >= 0.6 is 23.4 Å². The molecule has 10 heteroatoms. The number of anilines is 1. The smallest absolute Gasteiger partial charge is 0.309 e. The lowest BCUT2D eigenvalue weighted by Gasteiger charge is -2.27. The Kier molecular flexibility index (Phi) is 10.8. The van der Waals surface area contributed by atoms with E-state index in [-0.39, 0.29) is 25.2 Å². The lowest BCUT2D eigenvalue weighted by atomic mass is 9.81. The van der Waals surface area contributed by atoms with Gasteiger partial charge in [-0.15, -0.1) is 0 Å². The Hall–Kier alpha value is -3.40. The average Bonchev–Trinajstić information content (AvgIpc) is 3.66. The average molecular weight is 653 g/mol. The number of thioether (sulfide) groups is 1. The van der Waals surface area contributed by atoms with Crippen LogP contribution in [0.2, 0.25) is 5.02 Å². The molecule has 2 aliphatic rings. The summed E-state index contributed by atoms with van der Waals surface area (Å²) < 4.78 is 17.2.